The van der Waals surface area contributed by atoms with E-state index in [1.165, 1.54) is 52.0 Å². The molecule has 3 fully saturated rings. The number of ether oxygens (including phenoxy) is 3. The molecule has 1 unspecified atom stereocenters. The number of hydrogen-bond donors (Lipinski definition) is 0. The highest BCUT2D eigenvalue weighted by atomic mass is 16.6. The maximum absolute atomic E-state index is 11.7. The zero-order chi connectivity index (χ0) is 28.9. The van der Waals surface area contributed by atoms with Gasteiger partial charge < -0.3 is 14.2 Å². The van der Waals surface area contributed by atoms with Crippen LogP contribution in [0.3, 0.4) is 0 Å². The lowest BCUT2D eigenvalue weighted by Gasteiger charge is -2.44. The van der Waals surface area contributed by atoms with Gasteiger partial charge in [0, 0.05) is 33.6 Å². The van der Waals surface area contributed by atoms with E-state index < -0.39 is 6.10 Å². The smallest absolute Gasteiger partial charge is 0.303 e. The van der Waals surface area contributed by atoms with Crippen LogP contribution in [-0.4, -0.2) is 36.2 Å². The second kappa shape index (κ2) is 13.3. The van der Waals surface area contributed by atoms with Crippen molar-refractivity contribution < 1.29 is 28.6 Å². The number of fused-ring (bicyclic) bond motifs is 1. The van der Waals surface area contributed by atoms with Gasteiger partial charge in [-0.3, -0.25) is 14.4 Å². The number of rotatable bonds is 9. The fraction of sp³-hybridized carbons (Fsp3) is 0.727. The highest BCUT2D eigenvalue weighted by molar-refractivity contribution is 5.67. The van der Waals surface area contributed by atoms with E-state index in [2.05, 4.69) is 46.4 Å². The molecule has 0 aromatic rings. The van der Waals surface area contributed by atoms with E-state index in [4.69, 9.17) is 14.2 Å². The first-order chi connectivity index (χ1) is 18.3. The molecule has 3 aliphatic rings. The highest BCUT2D eigenvalue weighted by Crippen LogP contribution is 2.60. The Morgan fingerprint density at radius 2 is 1.69 bits per heavy atom. The summed E-state index contributed by atoms with van der Waals surface area (Å²) in [4.78, 5) is 34.9. The van der Waals surface area contributed by atoms with Gasteiger partial charge in [-0.1, -0.05) is 52.0 Å². The molecule has 0 saturated heterocycles. The third kappa shape index (κ3) is 7.85. The third-order valence-electron chi connectivity index (χ3n) is 9.56. The maximum atomic E-state index is 11.7. The molecular weight excluding hydrogens is 492 g/mol. The van der Waals surface area contributed by atoms with Crippen LogP contribution in [0.5, 0.6) is 0 Å². The van der Waals surface area contributed by atoms with Crippen LogP contribution in [0.1, 0.15) is 106 Å². The lowest BCUT2D eigenvalue weighted by atomic mass is 9.60. The molecule has 0 heterocycles. The zero-order valence-electron chi connectivity index (χ0n) is 25.2. The molecule has 3 saturated carbocycles. The molecule has 0 N–H and O–H groups in total. The van der Waals surface area contributed by atoms with Gasteiger partial charge in [0.15, 0.2) is 0 Å². The van der Waals surface area contributed by atoms with Gasteiger partial charge in [0.1, 0.15) is 18.3 Å². The van der Waals surface area contributed by atoms with E-state index in [1.807, 2.05) is 0 Å². The van der Waals surface area contributed by atoms with Gasteiger partial charge in [-0.15, -0.1) is 0 Å². The van der Waals surface area contributed by atoms with Gasteiger partial charge in [-0.25, -0.2) is 0 Å². The van der Waals surface area contributed by atoms with Crippen LogP contribution in [-0.2, 0) is 28.6 Å². The molecule has 0 aromatic heterocycles. The van der Waals surface area contributed by atoms with Crippen molar-refractivity contribution in [2.75, 3.05) is 0 Å². The monoisotopic (exact) mass is 542 g/mol. The fourth-order valence-corrected chi connectivity index (χ4v) is 7.66. The fourth-order valence-electron chi connectivity index (χ4n) is 7.66. The average Bonchev–Trinajstić information content (AvgIpc) is 3.19. The zero-order valence-corrected chi connectivity index (χ0v) is 25.2. The van der Waals surface area contributed by atoms with Gasteiger partial charge in [0.05, 0.1) is 0 Å². The van der Waals surface area contributed by atoms with E-state index in [-0.39, 0.29) is 35.5 Å². The maximum Gasteiger partial charge on any atom is 0.303 e. The molecule has 7 atom stereocenters. The van der Waals surface area contributed by atoms with Crippen molar-refractivity contribution >= 4 is 17.9 Å². The van der Waals surface area contributed by atoms with E-state index in [1.54, 1.807) is 0 Å². The van der Waals surface area contributed by atoms with E-state index in [9.17, 15) is 14.4 Å². The van der Waals surface area contributed by atoms with Gasteiger partial charge >= 0.3 is 17.9 Å². The summed E-state index contributed by atoms with van der Waals surface area (Å²) in [5.74, 6) is 1.22. The first-order valence-electron chi connectivity index (χ1n) is 14.9. The minimum Gasteiger partial charge on any atom is -0.462 e. The van der Waals surface area contributed by atoms with Crippen molar-refractivity contribution in [2.24, 2.45) is 29.1 Å². The molecule has 0 bridgehead atoms. The minimum atomic E-state index is -0.472. The predicted octanol–water partition coefficient (Wildman–Crippen LogP) is 7.27. The summed E-state index contributed by atoms with van der Waals surface area (Å²) in [7, 11) is 0. The van der Waals surface area contributed by atoms with Gasteiger partial charge in [-0.2, -0.15) is 0 Å². The molecule has 39 heavy (non-hydrogen) atoms. The molecule has 6 heteroatoms. The van der Waals surface area contributed by atoms with Crippen molar-refractivity contribution in [3.05, 3.63) is 35.5 Å². The summed E-state index contributed by atoms with van der Waals surface area (Å²) < 4.78 is 16.6. The first kappa shape index (κ1) is 31.2. The lowest BCUT2D eigenvalue weighted by Crippen LogP contribution is -2.36. The number of carbonyl (C=O) groups is 3. The van der Waals surface area contributed by atoms with E-state index in [0.717, 1.165) is 30.4 Å². The first-order valence-corrected chi connectivity index (χ1v) is 14.9. The van der Waals surface area contributed by atoms with Crippen molar-refractivity contribution in [3.63, 3.8) is 0 Å². The predicted molar refractivity (Wildman–Crippen MR) is 153 cm³/mol. The molecule has 6 nitrogen and oxygen atoms in total. The second-order valence-electron chi connectivity index (χ2n) is 12.8. The lowest BCUT2D eigenvalue weighted by molar-refractivity contribution is -0.152. The number of hydrogen-bond acceptors (Lipinski definition) is 6. The Labute approximate surface area is 235 Å². The Bertz CT molecular complexity index is 990. The molecule has 0 aliphatic heterocycles. The molecule has 3 rings (SSSR count). The molecule has 0 amide bonds. The van der Waals surface area contributed by atoms with Gasteiger partial charge in [0.25, 0.3) is 0 Å². The quantitative estimate of drug-likeness (QED) is 0.225. The number of esters is 3. The highest BCUT2D eigenvalue weighted by Gasteiger charge is 2.50. The third-order valence-corrected chi connectivity index (χ3v) is 9.56. The van der Waals surface area contributed by atoms with Crippen LogP contribution in [0, 0.1) is 29.1 Å². The largest absolute Gasteiger partial charge is 0.462 e. The molecule has 3 aliphatic carbocycles. The summed E-state index contributed by atoms with van der Waals surface area (Å²) in [5, 5.41) is 0. The van der Waals surface area contributed by atoms with Gasteiger partial charge in [-0.05, 0) is 85.2 Å². The SMILES string of the molecule is C=C1/C(=C\C=C2CCC[C@@]3(C)C2CC[C@@H]3[C@H](C)CC[C@@H](OC(C)=O)C(C)C)C[C@H](OC(C)=O)C[C@H]1OC(C)=O. The normalized spacial score (nSPS) is 32.6. The van der Waals surface area contributed by atoms with Crippen LogP contribution >= 0.6 is 0 Å². The minimum absolute atomic E-state index is 0.0152. The summed E-state index contributed by atoms with van der Waals surface area (Å²) in [6, 6.07) is 0. The van der Waals surface area contributed by atoms with Crippen molar-refractivity contribution in [1.82, 2.24) is 0 Å². The Morgan fingerprint density at radius 3 is 2.31 bits per heavy atom. The molecular formula is C33H50O6. The van der Waals surface area contributed by atoms with Crippen LogP contribution in [0.4, 0.5) is 0 Å². The molecule has 0 radical (unpaired) electrons. The average molecular weight is 543 g/mol. The Kier molecular flexibility index (Phi) is 10.6. The Balaban J connectivity index is 1.75. The summed E-state index contributed by atoms with van der Waals surface area (Å²) in [5.41, 5.74) is 3.55. The van der Waals surface area contributed by atoms with Crippen molar-refractivity contribution in [2.45, 2.75) is 125 Å². The van der Waals surface area contributed by atoms with Crippen molar-refractivity contribution in [3.8, 4) is 0 Å². The Hall–Kier alpha value is -2.37. The standard InChI is InChI=1S/C33H50O6/c1-20(2)31(38-24(6)35)16-11-21(3)29-14-15-30-26(10-9-17-33(29,30)8)12-13-27-18-28(37-23(5)34)19-32(22(27)4)39-25(7)36/h12-13,20-21,28-32H,4,9-11,14-19H2,1-3,5-8H3/b26-12?,27-13-/t21-,28+,29-,30?,31-,32-,33-/m1/s1. The number of carbonyl (C=O) groups excluding carboxylic acids is 3. The molecule has 0 aromatic carbocycles. The van der Waals surface area contributed by atoms with E-state index in [0.29, 0.717) is 36.5 Å². The molecule has 218 valence electrons. The number of allylic oxidation sites excluding steroid dienone is 3. The topological polar surface area (TPSA) is 78.9 Å². The van der Waals surface area contributed by atoms with Crippen LogP contribution in [0.2, 0.25) is 0 Å². The van der Waals surface area contributed by atoms with Crippen molar-refractivity contribution in [1.29, 1.82) is 0 Å². The van der Waals surface area contributed by atoms with E-state index >= 15 is 0 Å². The molecule has 0 spiro atoms. The van der Waals surface area contributed by atoms with Gasteiger partial charge in [0.2, 0.25) is 0 Å². The summed E-state index contributed by atoms with van der Waals surface area (Å²) in [6.07, 6.45) is 12.6. The summed E-state index contributed by atoms with van der Waals surface area (Å²) >= 11 is 0. The van der Waals surface area contributed by atoms with Crippen LogP contribution < -0.4 is 0 Å². The Morgan fingerprint density at radius 1 is 1.00 bits per heavy atom. The summed E-state index contributed by atoms with van der Waals surface area (Å²) in [6.45, 7) is 17.7. The van der Waals surface area contributed by atoms with Crippen LogP contribution in [0.25, 0.3) is 0 Å². The van der Waals surface area contributed by atoms with Crippen LogP contribution in [0.15, 0.2) is 35.5 Å². The second-order valence-corrected chi connectivity index (χ2v) is 12.8.